The summed E-state index contributed by atoms with van der Waals surface area (Å²) in [4.78, 5) is 13.0. The van der Waals surface area contributed by atoms with Gasteiger partial charge < -0.3 is 15.3 Å². The van der Waals surface area contributed by atoms with Crippen LogP contribution in [0.4, 0.5) is 0 Å². The van der Waals surface area contributed by atoms with E-state index in [1.165, 1.54) is 6.07 Å². The second-order valence-electron chi connectivity index (χ2n) is 6.52. The van der Waals surface area contributed by atoms with Crippen molar-refractivity contribution in [3.05, 3.63) is 63.8 Å². The summed E-state index contributed by atoms with van der Waals surface area (Å²) in [6, 6.07) is 12.6. The fraction of sp³-hybridized carbons (Fsp3) is 0.250. The summed E-state index contributed by atoms with van der Waals surface area (Å²) in [7, 11) is 0. The summed E-state index contributed by atoms with van der Waals surface area (Å²) in [5.41, 5.74) is 7.53. The number of hydrogen-bond acceptors (Lipinski definition) is 4. The summed E-state index contributed by atoms with van der Waals surface area (Å²) < 4.78 is 6.15. The van der Waals surface area contributed by atoms with Crippen molar-refractivity contribution in [2.45, 2.75) is 32.7 Å². The molecule has 0 unspecified atom stereocenters. The number of nitrogens with two attached hydrogens (primary N) is 1. The highest BCUT2D eigenvalue weighted by Gasteiger charge is 2.26. The molecule has 4 heteroatoms. The van der Waals surface area contributed by atoms with Gasteiger partial charge in [-0.3, -0.25) is 4.79 Å². The second-order valence-corrected chi connectivity index (χ2v) is 6.52. The lowest BCUT2D eigenvalue weighted by molar-refractivity contribution is 0.437. The van der Waals surface area contributed by atoms with Crippen LogP contribution in [0.3, 0.4) is 0 Å². The fourth-order valence-corrected chi connectivity index (χ4v) is 3.05. The third-order valence-electron chi connectivity index (χ3n) is 4.17. The number of phenolic OH excluding ortho intramolecular Hbond substituents is 1. The van der Waals surface area contributed by atoms with Crippen molar-refractivity contribution >= 4 is 11.0 Å². The smallest absolute Gasteiger partial charge is 0.196 e. The number of rotatable bonds is 3. The first-order valence-electron chi connectivity index (χ1n) is 8.01. The highest BCUT2D eigenvalue weighted by molar-refractivity contribution is 5.86. The van der Waals surface area contributed by atoms with Gasteiger partial charge in [-0.15, -0.1) is 0 Å². The van der Waals surface area contributed by atoms with Gasteiger partial charge in [0.1, 0.15) is 17.1 Å². The summed E-state index contributed by atoms with van der Waals surface area (Å²) in [5, 5.41) is 10.7. The normalized spacial score (nSPS) is 11.8. The quantitative estimate of drug-likeness (QED) is 0.766. The number of benzene rings is 2. The predicted octanol–water partition coefficient (Wildman–Crippen LogP) is 3.92. The molecule has 0 spiro atoms. The van der Waals surface area contributed by atoms with Crippen LogP contribution in [0.5, 0.6) is 5.75 Å². The lowest BCUT2D eigenvalue weighted by atomic mass is 9.91. The van der Waals surface area contributed by atoms with E-state index in [2.05, 4.69) is 0 Å². The van der Waals surface area contributed by atoms with Gasteiger partial charge in [0.2, 0.25) is 0 Å². The number of phenols is 1. The maximum atomic E-state index is 13.0. The van der Waals surface area contributed by atoms with E-state index < -0.39 is 5.54 Å². The van der Waals surface area contributed by atoms with Gasteiger partial charge in [0.05, 0.1) is 10.9 Å². The minimum atomic E-state index is -0.846. The van der Waals surface area contributed by atoms with Gasteiger partial charge in [-0.25, -0.2) is 0 Å². The molecule has 4 nitrogen and oxygen atoms in total. The van der Waals surface area contributed by atoms with Crippen LogP contribution in [0.25, 0.3) is 22.3 Å². The van der Waals surface area contributed by atoms with E-state index in [0.29, 0.717) is 34.3 Å². The first kappa shape index (κ1) is 16.3. The summed E-state index contributed by atoms with van der Waals surface area (Å²) in [6.07, 6.45) is 0.560. The molecular weight excluding hydrogens is 302 g/mol. The van der Waals surface area contributed by atoms with Crippen molar-refractivity contribution in [3.63, 3.8) is 0 Å². The monoisotopic (exact) mass is 323 g/mol. The molecule has 0 saturated carbocycles. The lowest BCUT2D eigenvalue weighted by Gasteiger charge is -2.22. The molecular formula is C20H21NO3. The predicted molar refractivity (Wildman–Crippen MR) is 96.2 cm³/mol. The van der Waals surface area contributed by atoms with Crippen LogP contribution in [-0.4, -0.2) is 5.11 Å². The van der Waals surface area contributed by atoms with Gasteiger partial charge in [-0.1, -0.05) is 37.3 Å². The van der Waals surface area contributed by atoms with Crippen molar-refractivity contribution in [3.8, 4) is 17.1 Å². The average Bonchev–Trinajstić information content (AvgIpc) is 2.54. The van der Waals surface area contributed by atoms with E-state index in [4.69, 9.17) is 10.2 Å². The van der Waals surface area contributed by atoms with E-state index in [1.54, 1.807) is 19.9 Å². The van der Waals surface area contributed by atoms with Crippen molar-refractivity contribution in [1.82, 2.24) is 0 Å². The zero-order valence-electron chi connectivity index (χ0n) is 14.1. The molecule has 0 aliphatic heterocycles. The molecule has 3 aromatic rings. The molecule has 1 aromatic heterocycles. The first-order valence-corrected chi connectivity index (χ1v) is 8.01. The average molecular weight is 323 g/mol. The van der Waals surface area contributed by atoms with Gasteiger partial charge in [0.15, 0.2) is 5.43 Å². The largest absolute Gasteiger partial charge is 0.507 e. The maximum absolute atomic E-state index is 13.0. The molecule has 2 aromatic carbocycles. The lowest BCUT2D eigenvalue weighted by Crippen LogP contribution is -2.29. The third-order valence-corrected chi connectivity index (χ3v) is 4.17. The summed E-state index contributed by atoms with van der Waals surface area (Å²) >= 11 is 0. The molecule has 3 rings (SSSR count). The zero-order chi connectivity index (χ0) is 17.5. The van der Waals surface area contributed by atoms with Crippen LogP contribution in [0.2, 0.25) is 0 Å². The fourth-order valence-electron chi connectivity index (χ4n) is 3.05. The molecule has 0 radical (unpaired) electrons. The van der Waals surface area contributed by atoms with Crippen LogP contribution in [0, 0.1) is 0 Å². The van der Waals surface area contributed by atoms with Gasteiger partial charge in [-0.2, -0.15) is 0 Å². The molecule has 124 valence electrons. The summed E-state index contributed by atoms with van der Waals surface area (Å²) in [6.45, 7) is 5.48. The Morgan fingerprint density at radius 2 is 1.79 bits per heavy atom. The Bertz CT molecular complexity index is 951. The van der Waals surface area contributed by atoms with E-state index in [-0.39, 0.29) is 11.2 Å². The zero-order valence-corrected chi connectivity index (χ0v) is 14.1. The number of aromatic hydroxyl groups is 1. The highest BCUT2D eigenvalue weighted by atomic mass is 16.3. The van der Waals surface area contributed by atoms with Crippen LogP contribution in [0.1, 0.15) is 31.9 Å². The Balaban J connectivity index is 2.49. The first-order chi connectivity index (χ1) is 11.3. The Morgan fingerprint density at radius 3 is 2.38 bits per heavy atom. The van der Waals surface area contributed by atoms with Crippen molar-refractivity contribution in [1.29, 1.82) is 0 Å². The van der Waals surface area contributed by atoms with Gasteiger partial charge in [0.25, 0.3) is 0 Å². The van der Waals surface area contributed by atoms with E-state index in [1.807, 2.05) is 37.3 Å². The molecule has 0 saturated heterocycles. The van der Waals surface area contributed by atoms with Crippen LogP contribution < -0.4 is 11.2 Å². The molecule has 0 aliphatic rings. The van der Waals surface area contributed by atoms with Crippen LogP contribution in [0.15, 0.2) is 51.7 Å². The Hall–Kier alpha value is -2.59. The molecule has 0 fully saturated rings. The maximum Gasteiger partial charge on any atom is 0.196 e. The van der Waals surface area contributed by atoms with Gasteiger partial charge in [-0.05, 0) is 32.4 Å². The molecule has 0 amide bonds. The van der Waals surface area contributed by atoms with E-state index >= 15 is 0 Å². The van der Waals surface area contributed by atoms with Crippen LogP contribution in [-0.2, 0) is 12.0 Å². The molecule has 24 heavy (non-hydrogen) atoms. The SMILES string of the molecule is CCc1c(-c2ccccc2)oc2c(C(C)(C)N)c(O)ccc2c1=O. The second kappa shape index (κ2) is 5.80. The van der Waals surface area contributed by atoms with Crippen molar-refractivity contribution < 1.29 is 9.52 Å². The Labute approximate surface area is 140 Å². The molecule has 0 aliphatic carbocycles. The minimum Gasteiger partial charge on any atom is -0.507 e. The summed E-state index contributed by atoms with van der Waals surface area (Å²) in [5.74, 6) is 0.563. The Morgan fingerprint density at radius 1 is 1.12 bits per heavy atom. The van der Waals surface area contributed by atoms with E-state index in [0.717, 1.165) is 5.56 Å². The van der Waals surface area contributed by atoms with Crippen molar-refractivity contribution in [2.75, 3.05) is 0 Å². The standard InChI is InChI=1S/C20H21NO3/c1-4-13-17(23)14-10-11-15(22)16(20(2,3)21)19(14)24-18(13)12-8-6-5-7-9-12/h5-11,22H,4,21H2,1-3H3. The molecule has 0 atom stereocenters. The topological polar surface area (TPSA) is 76.5 Å². The van der Waals surface area contributed by atoms with Crippen LogP contribution >= 0.6 is 0 Å². The van der Waals surface area contributed by atoms with E-state index in [9.17, 15) is 9.90 Å². The number of fused-ring (bicyclic) bond motifs is 1. The molecule has 0 bridgehead atoms. The van der Waals surface area contributed by atoms with Crippen molar-refractivity contribution in [2.24, 2.45) is 5.73 Å². The number of hydrogen-bond donors (Lipinski definition) is 2. The highest BCUT2D eigenvalue weighted by Crippen LogP contribution is 2.36. The van der Waals surface area contributed by atoms with Gasteiger partial charge in [0, 0.05) is 16.7 Å². The molecule has 3 N–H and O–H groups in total. The molecule has 1 heterocycles. The third kappa shape index (κ3) is 2.59. The minimum absolute atomic E-state index is 0.0291. The Kier molecular flexibility index (Phi) is 3.93. The van der Waals surface area contributed by atoms with Gasteiger partial charge >= 0.3 is 0 Å².